The molecule has 1 saturated heterocycles. The Morgan fingerprint density at radius 3 is 2.48 bits per heavy atom. The van der Waals surface area contributed by atoms with Crippen LogP contribution < -0.4 is 10.2 Å². The lowest BCUT2D eigenvalue weighted by atomic mass is 9.76. The van der Waals surface area contributed by atoms with Crippen LogP contribution in [0.2, 0.25) is 5.02 Å². The molecule has 1 saturated carbocycles. The normalized spacial score (nSPS) is 22.2. The van der Waals surface area contributed by atoms with Crippen molar-refractivity contribution < 1.29 is 23.9 Å². The maximum absolute atomic E-state index is 12.8. The van der Waals surface area contributed by atoms with E-state index in [1.807, 2.05) is 0 Å². The first-order valence-electron chi connectivity index (χ1n) is 11.0. The summed E-state index contributed by atoms with van der Waals surface area (Å²) >= 11 is 6.04. The summed E-state index contributed by atoms with van der Waals surface area (Å²) in [6.45, 7) is 3.42. The van der Waals surface area contributed by atoms with Crippen molar-refractivity contribution in [1.29, 1.82) is 0 Å². The number of nitrogens with zero attached hydrogens (tertiary/aromatic N) is 1. The van der Waals surface area contributed by atoms with Crippen molar-refractivity contribution in [2.75, 3.05) is 16.8 Å². The fraction of sp³-hybridized carbons (Fsp3) is 0.360. The zero-order chi connectivity index (χ0) is 23.7. The molecule has 8 heteroatoms. The zero-order valence-corrected chi connectivity index (χ0v) is 19.2. The average Bonchev–Trinajstić information content (AvgIpc) is 3.04. The van der Waals surface area contributed by atoms with Crippen molar-refractivity contribution in [1.82, 2.24) is 0 Å². The molecule has 3 atom stereocenters. The van der Waals surface area contributed by atoms with Crippen LogP contribution in [-0.4, -0.2) is 30.3 Å². The molecule has 1 aliphatic heterocycles. The second-order valence-electron chi connectivity index (χ2n) is 8.73. The summed E-state index contributed by atoms with van der Waals surface area (Å²) < 4.78 is 5.10. The molecule has 0 radical (unpaired) electrons. The van der Waals surface area contributed by atoms with Crippen LogP contribution in [0.3, 0.4) is 0 Å². The van der Waals surface area contributed by atoms with E-state index in [4.69, 9.17) is 16.3 Å². The number of nitrogens with one attached hydrogen (secondary N) is 1. The van der Waals surface area contributed by atoms with E-state index in [0.29, 0.717) is 22.3 Å². The first kappa shape index (κ1) is 23.0. The molecule has 1 heterocycles. The van der Waals surface area contributed by atoms with Gasteiger partial charge in [-0.15, -0.1) is 0 Å². The summed E-state index contributed by atoms with van der Waals surface area (Å²) in [6, 6.07) is 11.2. The molecule has 2 aliphatic rings. The SMILES string of the molecule is Cc1c(Cl)cccc1NC(=O)COC(=O)c1ccc(N2C(=O)[C@@H]3CC[C@@H](C)C[C@H]3C2=O)cc1. The highest BCUT2D eigenvalue weighted by atomic mass is 35.5. The van der Waals surface area contributed by atoms with Crippen LogP contribution in [0.4, 0.5) is 11.4 Å². The van der Waals surface area contributed by atoms with Crippen molar-refractivity contribution in [3.05, 3.63) is 58.6 Å². The Hall–Kier alpha value is -3.19. The fourth-order valence-electron chi connectivity index (χ4n) is 4.53. The maximum Gasteiger partial charge on any atom is 0.338 e. The van der Waals surface area contributed by atoms with Gasteiger partial charge in [0.05, 0.1) is 23.1 Å². The first-order chi connectivity index (χ1) is 15.8. The van der Waals surface area contributed by atoms with E-state index in [-0.39, 0.29) is 29.2 Å². The minimum atomic E-state index is -0.680. The highest BCUT2D eigenvalue weighted by Crippen LogP contribution is 2.42. The number of imide groups is 1. The number of ether oxygens (including phenoxy) is 1. The van der Waals surface area contributed by atoms with E-state index in [1.165, 1.54) is 17.0 Å². The van der Waals surface area contributed by atoms with Gasteiger partial charge in [0.1, 0.15) is 0 Å². The number of rotatable bonds is 5. The number of hydrogen-bond donors (Lipinski definition) is 1. The van der Waals surface area contributed by atoms with Crippen LogP contribution in [0, 0.1) is 24.7 Å². The number of carbonyl (C=O) groups is 4. The van der Waals surface area contributed by atoms with E-state index in [9.17, 15) is 19.2 Å². The molecule has 4 rings (SSSR count). The zero-order valence-electron chi connectivity index (χ0n) is 18.5. The van der Waals surface area contributed by atoms with Crippen molar-refractivity contribution in [2.24, 2.45) is 17.8 Å². The second kappa shape index (κ2) is 9.35. The lowest BCUT2D eigenvalue weighted by Gasteiger charge is -2.25. The third-order valence-electron chi connectivity index (χ3n) is 6.42. The van der Waals surface area contributed by atoms with Crippen molar-refractivity contribution >= 4 is 46.7 Å². The van der Waals surface area contributed by atoms with Crippen molar-refractivity contribution in [3.8, 4) is 0 Å². The smallest absolute Gasteiger partial charge is 0.338 e. The number of benzene rings is 2. The Balaban J connectivity index is 1.36. The minimum Gasteiger partial charge on any atom is -0.452 e. The number of esters is 1. The van der Waals surface area contributed by atoms with Gasteiger partial charge in [-0.1, -0.05) is 24.6 Å². The van der Waals surface area contributed by atoms with Crippen molar-refractivity contribution in [2.45, 2.75) is 33.1 Å². The number of anilines is 2. The molecular weight excluding hydrogens is 444 g/mol. The second-order valence-corrected chi connectivity index (χ2v) is 9.13. The summed E-state index contributed by atoms with van der Waals surface area (Å²) in [4.78, 5) is 51.4. The molecule has 3 amide bonds. The molecule has 0 bridgehead atoms. The van der Waals surface area contributed by atoms with Crippen LogP contribution >= 0.6 is 11.6 Å². The number of carbonyl (C=O) groups excluding carboxylic acids is 4. The van der Waals surface area contributed by atoms with Crippen LogP contribution in [-0.2, 0) is 19.1 Å². The minimum absolute atomic E-state index is 0.166. The third kappa shape index (κ3) is 4.64. The lowest BCUT2D eigenvalue weighted by Crippen LogP contribution is -2.30. The molecule has 33 heavy (non-hydrogen) atoms. The summed E-state index contributed by atoms with van der Waals surface area (Å²) in [7, 11) is 0. The fourth-order valence-corrected chi connectivity index (χ4v) is 4.71. The van der Waals surface area contributed by atoms with Gasteiger partial charge in [0.15, 0.2) is 6.61 Å². The van der Waals surface area contributed by atoms with Gasteiger partial charge in [-0.3, -0.25) is 19.3 Å². The van der Waals surface area contributed by atoms with E-state index < -0.39 is 18.5 Å². The Kier molecular flexibility index (Phi) is 6.51. The Bertz CT molecular complexity index is 1110. The van der Waals surface area contributed by atoms with Gasteiger partial charge in [-0.25, -0.2) is 4.79 Å². The Labute approximate surface area is 197 Å². The summed E-state index contributed by atoms with van der Waals surface area (Å²) in [5.41, 5.74) is 1.92. The Morgan fingerprint density at radius 2 is 1.76 bits per heavy atom. The van der Waals surface area contributed by atoms with Crippen LogP contribution in [0.5, 0.6) is 0 Å². The molecule has 0 aromatic heterocycles. The Morgan fingerprint density at radius 1 is 1.06 bits per heavy atom. The predicted molar refractivity (Wildman–Crippen MR) is 124 cm³/mol. The van der Waals surface area contributed by atoms with Gasteiger partial charge in [0.2, 0.25) is 11.8 Å². The molecule has 7 nitrogen and oxygen atoms in total. The number of halogens is 1. The molecule has 2 aromatic carbocycles. The van der Waals surface area contributed by atoms with Gasteiger partial charge in [0.25, 0.3) is 5.91 Å². The standard InChI is InChI=1S/C25H25ClN2O5/c1-14-6-11-18-19(12-14)24(31)28(23(18)30)17-9-7-16(8-10-17)25(32)33-13-22(29)27-21-5-3-4-20(26)15(21)2/h3-5,7-10,14,18-19H,6,11-13H2,1-2H3,(H,27,29)/t14-,18-,19-/m1/s1. The lowest BCUT2D eigenvalue weighted by molar-refractivity contribution is -0.122. The van der Waals surface area contributed by atoms with E-state index in [2.05, 4.69) is 12.2 Å². The number of amides is 3. The average molecular weight is 469 g/mol. The van der Waals surface area contributed by atoms with Crippen LogP contribution in [0.1, 0.15) is 42.1 Å². The maximum atomic E-state index is 12.8. The monoisotopic (exact) mass is 468 g/mol. The van der Waals surface area contributed by atoms with Crippen molar-refractivity contribution in [3.63, 3.8) is 0 Å². The molecule has 2 fully saturated rings. The molecule has 2 aromatic rings. The predicted octanol–water partition coefficient (Wildman–Crippen LogP) is 4.37. The third-order valence-corrected chi connectivity index (χ3v) is 6.83. The summed E-state index contributed by atoms with van der Waals surface area (Å²) in [5, 5.41) is 3.18. The van der Waals surface area contributed by atoms with Gasteiger partial charge in [-0.2, -0.15) is 0 Å². The molecule has 1 N–H and O–H groups in total. The van der Waals surface area contributed by atoms with Gasteiger partial charge in [-0.05, 0) is 74.1 Å². The summed E-state index contributed by atoms with van der Waals surface area (Å²) in [6.07, 6.45) is 2.41. The topological polar surface area (TPSA) is 92.8 Å². The molecular formula is C25H25ClN2O5. The van der Waals surface area contributed by atoms with E-state index in [0.717, 1.165) is 24.8 Å². The summed E-state index contributed by atoms with van der Waals surface area (Å²) in [5.74, 6) is -1.58. The largest absolute Gasteiger partial charge is 0.452 e. The molecule has 1 aliphatic carbocycles. The molecule has 0 spiro atoms. The van der Waals surface area contributed by atoms with Gasteiger partial charge in [0, 0.05) is 10.7 Å². The van der Waals surface area contributed by atoms with Crippen LogP contribution in [0.15, 0.2) is 42.5 Å². The number of fused-ring (bicyclic) bond motifs is 1. The first-order valence-corrected chi connectivity index (χ1v) is 11.3. The van der Waals surface area contributed by atoms with E-state index in [1.54, 1.807) is 37.3 Å². The van der Waals surface area contributed by atoms with Crippen LogP contribution in [0.25, 0.3) is 0 Å². The quantitative estimate of drug-likeness (QED) is 0.519. The highest BCUT2D eigenvalue weighted by molar-refractivity contribution is 6.31. The number of hydrogen-bond acceptors (Lipinski definition) is 5. The highest BCUT2D eigenvalue weighted by Gasteiger charge is 2.49. The molecule has 0 unspecified atom stereocenters. The van der Waals surface area contributed by atoms with Gasteiger partial charge < -0.3 is 10.1 Å². The van der Waals surface area contributed by atoms with Gasteiger partial charge >= 0.3 is 5.97 Å². The molecule has 172 valence electrons. The van der Waals surface area contributed by atoms with E-state index >= 15 is 0 Å².